The normalized spacial score (nSPS) is 40.4. The molecule has 0 spiro atoms. The molecule has 0 bridgehead atoms. The molecule has 0 aromatic heterocycles. The predicted molar refractivity (Wildman–Crippen MR) is 88.6 cm³/mol. The molecule has 23 heavy (non-hydrogen) atoms. The highest BCUT2D eigenvalue weighted by Crippen LogP contribution is 2.60. The van der Waals surface area contributed by atoms with Crippen molar-refractivity contribution >= 4 is 5.71 Å². The first-order valence-electron chi connectivity index (χ1n) is 8.65. The summed E-state index contributed by atoms with van der Waals surface area (Å²) in [4.78, 5) is 5.04. The van der Waals surface area contributed by atoms with Crippen molar-refractivity contribution < 1.29 is 15.1 Å². The Bertz CT molecular complexity index is 656. The summed E-state index contributed by atoms with van der Waals surface area (Å²) >= 11 is 0. The van der Waals surface area contributed by atoms with Gasteiger partial charge < -0.3 is 15.1 Å². The molecule has 0 heterocycles. The van der Waals surface area contributed by atoms with E-state index < -0.39 is 0 Å². The summed E-state index contributed by atoms with van der Waals surface area (Å²) in [6, 6.07) is 5.82. The van der Waals surface area contributed by atoms with E-state index in [4.69, 9.17) is 4.84 Å². The van der Waals surface area contributed by atoms with Crippen LogP contribution >= 0.6 is 0 Å². The highest BCUT2D eigenvalue weighted by molar-refractivity contribution is 5.92. The Hall–Kier alpha value is -1.55. The molecule has 1 aromatic carbocycles. The minimum atomic E-state index is -0.319. The van der Waals surface area contributed by atoms with Crippen molar-refractivity contribution in [2.45, 2.75) is 51.0 Å². The number of fused-ring (bicyclic) bond motifs is 5. The van der Waals surface area contributed by atoms with E-state index in [9.17, 15) is 10.2 Å². The number of aromatic hydroxyl groups is 1. The van der Waals surface area contributed by atoms with Crippen molar-refractivity contribution in [1.29, 1.82) is 0 Å². The smallest absolute Gasteiger partial charge is 0.115 e. The van der Waals surface area contributed by atoms with Gasteiger partial charge in [0.2, 0.25) is 0 Å². The van der Waals surface area contributed by atoms with Crippen LogP contribution in [0.5, 0.6) is 5.75 Å². The molecule has 0 saturated heterocycles. The summed E-state index contributed by atoms with van der Waals surface area (Å²) in [5.41, 5.74) is 3.66. The van der Waals surface area contributed by atoms with Crippen LogP contribution in [-0.4, -0.2) is 29.1 Å². The summed E-state index contributed by atoms with van der Waals surface area (Å²) in [6.45, 7) is 2.26. The van der Waals surface area contributed by atoms with Crippen molar-refractivity contribution in [3.63, 3.8) is 0 Å². The van der Waals surface area contributed by atoms with Crippen molar-refractivity contribution in [3.05, 3.63) is 29.3 Å². The molecule has 124 valence electrons. The lowest BCUT2D eigenvalue weighted by molar-refractivity contribution is 0.00214. The summed E-state index contributed by atoms with van der Waals surface area (Å²) in [5, 5.41) is 24.7. The quantitative estimate of drug-likeness (QED) is 0.782. The molecule has 4 nitrogen and oxygen atoms in total. The van der Waals surface area contributed by atoms with Crippen molar-refractivity contribution in [3.8, 4) is 5.75 Å². The van der Waals surface area contributed by atoms with Gasteiger partial charge in [-0.1, -0.05) is 18.1 Å². The molecule has 4 rings (SSSR count). The molecule has 3 aliphatic carbocycles. The number of hydrogen-bond acceptors (Lipinski definition) is 4. The summed E-state index contributed by atoms with van der Waals surface area (Å²) < 4.78 is 0. The van der Waals surface area contributed by atoms with Crippen molar-refractivity contribution in [2.75, 3.05) is 7.11 Å². The van der Waals surface area contributed by atoms with E-state index in [0.29, 0.717) is 24.0 Å². The van der Waals surface area contributed by atoms with Crippen LogP contribution in [0.4, 0.5) is 0 Å². The van der Waals surface area contributed by atoms with Crippen LogP contribution in [0, 0.1) is 17.3 Å². The third kappa shape index (κ3) is 2.11. The van der Waals surface area contributed by atoms with Gasteiger partial charge >= 0.3 is 0 Å². The van der Waals surface area contributed by atoms with Crippen LogP contribution in [0.25, 0.3) is 0 Å². The standard InChI is InChI=1S/C19H25NO3/c1-19-8-7-14-13-6-4-12(21)9-11(13)3-5-15(14)18(19)16(22)10-17(19)20-23-2/h4,6,9,14-16,18,21-22H,3,5,7-8,10H2,1-2H3/b20-17-/t14-,15-,16-,18-,19-/m1/s1. The second kappa shape index (κ2) is 5.23. The van der Waals surface area contributed by atoms with Gasteiger partial charge in [0, 0.05) is 11.8 Å². The number of aliphatic hydroxyl groups excluding tert-OH is 1. The number of rotatable bonds is 1. The maximum absolute atomic E-state index is 10.7. The van der Waals surface area contributed by atoms with Gasteiger partial charge in [-0.15, -0.1) is 0 Å². The van der Waals surface area contributed by atoms with Crippen LogP contribution in [0.3, 0.4) is 0 Å². The zero-order chi connectivity index (χ0) is 16.2. The molecule has 0 unspecified atom stereocenters. The first kappa shape index (κ1) is 15.0. The summed E-state index contributed by atoms with van der Waals surface area (Å²) in [5.74, 6) is 1.61. The van der Waals surface area contributed by atoms with Crippen molar-refractivity contribution in [1.82, 2.24) is 0 Å². The third-order valence-corrected chi connectivity index (χ3v) is 6.64. The Kier molecular flexibility index (Phi) is 3.41. The van der Waals surface area contributed by atoms with Crippen LogP contribution in [-0.2, 0) is 11.3 Å². The fourth-order valence-electron chi connectivity index (χ4n) is 5.67. The van der Waals surface area contributed by atoms with E-state index in [2.05, 4.69) is 18.1 Å². The average Bonchev–Trinajstić information content (AvgIpc) is 2.78. The minimum absolute atomic E-state index is 0.0367. The average molecular weight is 315 g/mol. The number of oxime groups is 1. The van der Waals surface area contributed by atoms with Gasteiger partial charge in [0.25, 0.3) is 0 Å². The van der Waals surface area contributed by atoms with Gasteiger partial charge in [0.05, 0.1) is 11.8 Å². The summed E-state index contributed by atoms with van der Waals surface area (Å²) in [6.07, 6.45) is 4.55. The lowest BCUT2D eigenvalue weighted by Gasteiger charge is -2.49. The molecular formula is C19H25NO3. The SMILES string of the molecule is CO/N=C1/C[C@@H](O)[C@H]2[C@@H]3CCc4cc(O)ccc4[C@H]3CC[C@]12C. The molecule has 2 N–H and O–H groups in total. The number of phenolic OH excluding ortho intramolecular Hbond substituents is 1. The van der Waals surface area contributed by atoms with E-state index in [1.807, 2.05) is 6.07 Å². The van der Waals surface area contributed by atoms with Crippen LogP contribution < -0.4 is 0 Å². The number of phenols is 1. The predicted octanol–water partition coefficient (Wildman–Crippen LogP) is 3.22. The zero-order valence-corrected chi connectivity index (χ0v) is 13.8. The van der Waals surface area contributed by atoms with Crippen LogP contribution in [0.1, 0.15) is 49.7 Å². The zero-order valence-electron chi connectivity index (χ0n) is 13.8. The highest BCUT2D eigenvalue weighted by atomic mass is 16.6. The van der Waals surface area contributed by atoms with E-state index in [1.54, 1.807) is 13.2 Å². The van der Waals surface area contributed by atoms with Crippen LogP contribution in [0.15, 0.2) is 23.4 Å². The van der Waals surface area contributed by atoms with E-state index in [-0.39, 0.29) is 17.4 Å². The second-order valence-corrected chi connectivity index (χ2v) is 7.67. The van der Waals surface area contributed by atoms with Crippen LogP contribution in [0.2, 0.25) is 0 Å². The molecule has 4 heteroatoms. The Labute approximate surface area is 137 Å². The second-order valence-electron chi connectivity index (χ2n) is 7.67. The Morgan fingerprint density at radius 3 is 2.91 bits per heavy atom. The summed E-state index contributed by atoms with van der Waals surface area (Å²) in [7, 11) is 1.59. The van der Waals surface area contributed by atoms with Gasteiger partial charge in [-0.05, 0) is 66.7 Å². The first-order chi connectivity index (χ1) is 11.0. The number of hydrogen-bond donors (Lipinski definition) is 2. The molecule has 0 aliphatic heterocycles. The lowest BCUT2D eigenvalue weighted by Crippen LogP contribution is -2.45. The van der Waals surface area contributed by atoms with Gasteiger partial charge in [-0.2, -0.15) is 0 Å². The minimum Gasteiger partial charge on any atom is -0.508 e. The van der Waals surface area contributed by atoms with E-state index in [1.165, 1.54) is 11.1 Å². The Morgan fingerprint density at radius 2 is 2.13 bits per heavy atom. The van der Waals surface area contributed by atoms with E-state index in [0.717, 1.165) is 31.4 Å². The molecule has 0 radical (unpaired) electrons. The lowest BCUT2D eigenvalue weighted by atomic mass is 9.55. The maximum Gasteiger partial charge on any atom is 0.115 e. The Morgan fingerprint density at radius 1 is 1.30 bits per heavy atom. The highest BCUT2D eigenvalue weighted by Gasteiger charge is 2.57. The number of nitrogens with zero attached hydrogens (tertiary/aromatic N) is 1. The monoisotopic (exact) mass is 315 g/mol. The molecule has 2 saturated carbocycles. The topological polar surface area (TPSA) is 62.0 Å². The fourth-order valence-corrected chi connectivity index (χ4v) is 5.67. The molecule has 1 aromatic rings. The van der Waals surface area contributed by atoms with Gasteiger partial charge in [-0.3, -0.25) is 0 Å². The molecule has 3 aliphatic rings. The van der Waals surface area contributed by atoms with Gasteiger partial charge in [-0.25, -0.2) is 0 Å². The molecule has 5 atom stereocenters. The number of aliphatic hydroxyl groups is 1. The maximum atomic E-state index is 10.7. The largest absolute Gasteiger partial charge is 0.508 e. The first-order valence-corrected chi connectivity index (χ1v) is 8.65. The van der Waals surface area contributed by atoms with Gasteiger partial charge in [0.1, 0.15) is 12.9 Å². The third-order valence-electron chi connectivity index (χ3n) is 6.64. The molecule has 0 amide bonds. The number of benzene rings is 1. The fraction of sp³-hybridized carbons (Fsp3) is 0.632. The Balaban J connectivity index is 1.72. The van der Waals surface area contributed by atoms with Gasteiger partial charge in [0.15, 0.2) is 0 Å². The number of aryl methyl sites for hydroxylation is 1. The van der Waals surface area contributed by atoms with E-state index >= 15 is 0 Å². The molecular weight excluding hydrogens is 290 g/mol. The molecule has 2 fully saturated rings. The van der Waals surface area contributed by atoms with Crippen molar-refractivity contribution in [2.24, 2.45) is 22.4 Å².